The molecule has 0 amide bonds. The SMILES string of the molecule is CCC(CC)(c1ccc(CCC(O)C2(C)CCCCC2)c(C)c1)c1ccc(OC[C@H]2CCC(=O)O2)c(C)c1. The molecule has 38 heavy (non-hydrogen) atoms. The van der Waals surface area contributed by atoms with Gasteiger partial charge >= 0.3 is 5.97 Å². The van der Waals surface area contributed by atoms with Crippen molar-refractivity contribution in [2.24, 2.45) is 5.41 Å². The number of aryl methyl sites for hydroxylation is 3. The standard InChI is InChI=1S/C34H48O4/c1-6-34(7-2,28-14-16-30(25(4)22-28)37-23-29-15-18-32(36)38-29)27-13-11-26(24(3)21-27)12-17-31(35)33(5)19-9-8-10-20-33/h11,13-14,16,21-22,29,31,35H,6-10,12,15,17-20,23H2,1-5H3/t29-,31?/m1/s1. The van der Waals surface area contributed by atoms with Gasteiger partial charge in [-0.25, -0.2) is 0 Å². The highest BCUT2D eigenvalue weighted by Gasteiger charge is 2.34. The van der Waals surface area contributed by atoms with E-state index < -0.39 is 0 Å². The van der Waals surface area contributed by atoms with E-state index in [1.807, 2.05) is 0 Å². The molecule has 1 unspecified atom stereocenters. The van der Waals surface area contributed by atoms with Gasteiger partial charge in [0.1, 0.15) is 18.5 Å². The van der Waals surface area contributed by atoms with Crippen LogP contribution in [-0.2, 0) is 21.4 Å². The van der Waals surface area contributed by atoms with Crippen molar-refractivity contribution < 1.29 is 19.4 Å². The number of ether oxygens (including phenoxy) is 2. The maximum absolute atomic E-state index is 11.4. The molecule has 2 fully saturated rings. The minimum absolute atomic E-state index is 0.0668. The first-order valence-electron chi connectivity index (χ1n) is 14.9. The summed E-state index contributed by atoms with van der Waals surface area (Å²) in [4.78, 5) is 11.4. The summed E-state index contributed by atoms with van der Waals surface area (Å²) in [5, 5.41) is 11.0. The van der Waals surface area contributed by atoms with E-state index in [9.17, 15) is 9.90 Å². The van der Waals surface area contributed by atoms with Crippen LogP contribution in [0.3, 0.4) is 0 Å². The Morgan fingerprint density at radius 3 is 2.26 bits per heavy atom. The van der Waals surface area contributed by atoms with Crippen LogP contribution in [0, 0.1) is 19.3 Å². The molecule has 0 aromatic heterocycles. The van der Waals surface area contributed by atoms with Crippen LogP contribution in [-0.4, -0.2) is 29.9 Å². The second kappa shape index (κ2) is 12.2. The Bertz CT molecular complexity index is 1090. The smallest absolute Gasteiger partial charge is 0.306 e. The predicted octanol–water partition coefficient (Wildman–Crippen LogP) is 7.76. The van der Waals surface area contributed by atoms with E-state index in [1.54, 1.807) is 0 Å². The molecule has 2 aromatic carbocycles. The first-order chi connectivity index (χ1) is 18.2. The van der Waals surface area contributed by atoms with Crippen molar-refractivity contribution in [3.8, 4) is 5.75 Å². The van der Waals surface area contributed by atoms with Gasteiger partial charge in [0.25, 0.3) is 0 Å². The summed E-state index contributed by atoms with van der Waals surface area (Å²) in [5.74, 6) is 0.729. The second-order valence-electron chi connectivity index (χ2n) is 12.1. The fraction of sp³-hybridized carbons (Fsp3) is 0.618. The highest BCUT2D eigenvalue weighted by Crippen LogP contribution is 2.42. The van der Waals surface area contributed by atoms with Crippen molar-refractivity contribution in [2.75, 3.05) is 6.61 Å². The van der Waals surface area contributed by atoms with Gasteiger partial charge in [-0.15, -0.1) is 0 Å². The number of benzene rings is 2. The molecule has 2 aromatic rings. The van der Waals surface area contributed by atoms with Crippen molar-refractivity contribution >= 4 is 5.97 Å². The lowest BCUT2D eigenvalue weighted by Gasteiger charge is -2.38. The number of hydrogen-bond donors (Lipinski definition) is 1. The molecule has 1 saturated heterocycles. The Kier molecular flexibility index (Phi) is 9.23. The summed E-state index contributed by atoms with van der Waals surface area (Å²) in [5.41, 5.74) is 6.46. The van der Waals surface area contributed by atoms with Crippen LogP contribution in [0.15, 0.2) is 36.4 Å². The molecule has 0 spiro atoms. The number of carbonyl (C=O) groups excluding carboxylic acids is 1. The van der Waals surface area contributed by atoms with Crippen LogP contribution in [0.1, 0.15) is 113 Å². The van der Waals surface area contributed by atoms with Crippen LogP contribution < -0.4 is 4.74 Å². The van der Waals surface area contributed by atoms with Gasteiger partial charge < -0.3 is 14.6 Å². The van der Waals surface area contributed by atoms with E-state index in [0.29, 0.717) is 13.0 Å². The highest BCUT2D eigenvalue weighted by molar-refractivity contribution is 5.71. The van der Waals surface area contributed by atoms with Gasteiger partial charge in [-0.1, -0.05) is 70.4 Å². The molecule has 2 atom stereocenters. The number of carbonyl (C=O) groups is 1. The molecule has 0 radical (unpaired) electrons. The molecule has 2 aliphatic rings. The minimum Gasteiger partial charge on any atom is -0.489 e. The summed E-state index contributed by atoms with van der Waals surface area (Å²) < 4.78 is 11.3. The zero-order valence-corrected chi connectivity index (χ0v) is 24.3. The third-order valence-electron chi connectivity index (χ3n) is 9.71. The maximum atomic E-state index is 11.4. The normalized spacial score (nSPS) is 20.3. The fourth-order valence-corrected chi connectivity index (χ4v) is 6.83. The summed E-state index contributed by atoms with van der Waals surface area (Å²) in [6.07, 6.45) is 10.8. The van der Waals surface area contributed by atoms with Crippen molar-refractivity contribution in [1.82, 2.24) is 0 Å². The predicted molar refractivity (Wildman–Crippen MR) is 154 cm³/mol. The zero-order chi connectivity index (χ0) is 27.3. The number of cyclic esters (lactones) is 1. The van der Waals surface area contributed by atoms with Crippen molar-refractivity contribution in [3.63, 3.8) is 0 Å². The quantitative estimate of drug-likeness (QED) is 0.308. The van der Waals surface area contributed by atoms with E-state index in [0.717, 1.165) is 56.3 Å². The maximum Gasteiger partial charge on any atom is 0.306 e. The zero-order valence-electron chi connectivity index (χ0n) is 24.3. The molecule has 208 valence electrons. The Morgan fingerprint density at radius 1 is 1.03 bits per heavy atom. The van der Waals surface area contributed by atoms with E-state index in [2.05, 4.69) is 71.0 Å². The molecule has 1 heterocycles. The lowest BCUT2D eigenvalue weighted by molar-refractivity contribution is -0.142. The molecular formula is C34H48O4. The average Bonchev–Trinajstić information content (AvgIpc) is 3.34. The third kappa shape index (κ3) is 6.11. The third-order valence-corrected chi connectivity index (χ3v) is 9.71. The van der Waals surface area contributed by atoms with Crippen LogP contribution in [0.2, 0.25) is 0 Å². The molecule has 1 N–H and O–H groups in total. The number of hydrogen-bond acceptors (Lipinski definition) is 4. The van der Waals surface area contributed by atoms with Crippen molar-refractivity contribution in [3.05, 3.63) is 64.2 Å². The van der Waals surface area contributed by atoms with Gasteiger partial charge in [0.2, 0.25) is 0 Å². The molecule has 4 rings (SSSR count). The summed E-state index contributed by atoms with van der Waals surface area (Å²) >= 11 is 0. The Labute approximate surface area is 230 Å². The van der Waals surface area contributed by atoms with Gasteiger partial charge in [0.15, 0.2) is 0 Å². The van der Waals surface area contributed by atoms with Crippen LogP contribution in [0.5, 0.6) is 5.75 Å². The first kappa shape index (κ1) is 28.7. The van der Waals surface area contributed by atoms with E-state index in [1.165, 1.54) is 41.5 Å². The largest absolute Gasteiger partial charge is 0.489 e. The lowest BCUT2D eigenvalue weighted by atomic mass is 9.69. The van der Waals surface area contributed by atoms with Crippen molar-refractivity contribution in [1.29, 1.82) is 0 Å². The minimum atomic E-state index is -0.225. The van der Waals surface area contributed by atoms with Crippen LogP contribution in [0.25, 0.3) is 0 Å². The number of rotatable bonds is 11. The van der Waals surface area contributed by atoms with E-state index in [-0.39, 0.29) is 29.0 Å². The van der Waals surface area contributed by atoms with Gasteiger partial charge in [-0.2, -0.15) is 0 Å². The highest BCUT2D eigenvalue weighted by atomic mass is 16.6. The lowest BCUT2D eigenvalue weighted by Crippen LogP contribution is -2.34. The van der Waals surface area contributed by atoms with Gasteiger partial charge in [0.05, 0.1) is 6.10 Å². The monoisotopic (exact) mass is 520 g/mol. The topological polar surface area (TPSA) is 55.8 Å². The number of aliphatic hydroxyl groups is 1. The fourth-order valence-electron chi connectivity index (χ4n) is 6.83. The van der Waals surface area contributed by atoms with E-state index in [4.69, 9.17) is 9.47 Å². The molecule has 1 aliphatic heterocycles. The molecule has 4 nitrogen and oxygen atoms in total. The van der Waals surface area contributed by atoms with Crippen LogP contribution in [0.4, 0.5) is 0 Å². The first-order valence-corrected chi connectivity index (χ1v) is 14.9. The van der Waals surface area contributed by atoms with Gasteiger partial charge in [-0.3, -0.25) is 4.79 Å². The molecular weight excluding hydrogens is 472 g/mol. The summed E-state index contributed by atoms with van der Waals surface area (Å²) in [7, 11) is 0. The van der Waals surface area contributed by atoms with Crippen molar-refractivity contribution in [2.45, 2.75) is 123 Å². The number of esters is 1. The van der Waals surface area contributed by atoms with E-state index >= 15 is 0 Å². The Morgan fingerprint density at radius 2 is 1.68 bits per heavy atom. The molecule has 4 heteroatoms. The van der Waals surface area contributed by atoms with Gasteiger partial charge in [-0.05, 0) is 98.1 Å². The Hall–Kier alpha value is -2.33. The van der Waals surface area contributed by atoms with Gasteiger partial charge in [0, 0.05) is 11.8 Å². The molecule has 1 aliphatic carbocycles. The van der Waals surface area contributed by atoms with Crippen LogP contribution >= 0.6 is 0 Å². The summed E-state index contributed by atoms with van der Waals surface area (Å²) in [6.45, 7) is 11.6. The molecule has 0 bridgehead atoms. The Balaban J connectivity index is 1.48. The molecule has 1 saturated carbocycles. The number of aliphatic hydroxyl groups excluding tert-OH is 1. The second-order valence-corrected chi connectivity index (χ2v) is 12.1. The summed E-state index contributed by atoms with van der Waals surface area (Å²) in [6, 6.07) is 13.6. The average molecular weight is 521 g/mol.